The van der Waals surface area contributed by atoms with Crippen LogP contribution in [0.1, 0.15) is 52.0 Å². The molecular weight excluding hydrogens is 358 g/mol. The number of benzene rings is 1. The summed E-state index contributed by atoms with van der Waals surface area (Å²) in [4.78, 5) is 33.0. The second-order valence-corrected chi connectivity index (χ2v) is 6.62. The van der Waals surface area contributed by atoms with Gasteiger partial charge in [0.1, 0.15) is 17.1 Å². The third-order valence-corrected chi connectivity index (χ3v) is 4.74. The summed E-state index contributed by atoms with van der Waals surface area (Å²) in [6.07, 6.45) is 5.91. The van der Waals surface area contributed by atoms with Crippen molar-refractivity contribution in [3.05, 3.63) is 71.9 Å². The molecular formula is C20H19N5O3. The molecule has 8 nitrogen and oxygen atoms in total. The third kappa shape index (κ3) is 3.20. The molecule has 0 saturated carbocycles. The number of para-hydroxylation sites is 1. The number of imidazole rings is 1. The molecule has 2 atom stereocenters. The van der Waals surface area contributed by atoms with Gasteiger partial charge in [0.05, 0.1) is 11.6 Å². The van der Waals surface area contributed by atoms with Crippen molar-refractivity contribution < 1.29 is 14.3 Å². The van der Waals surface area contributed by atoms with E-state index >= 15 is 0 Å². The first-order valence-corrected chi connectivity index (χ1v) is 8.90. The lowest BCUT2D eigenvalue weighted by molar-refractivity contribution is 0.0932. The smallest absolute Gasteiger partial charge is 0.257 e. The zero-order valence-corrected chi connectivity index (χ0v) is 15.2. The van der Waals surface area contributed by atoms with Gasteiger partial charge in [-0.25, -0.2) is 9.97 Å². The topological polar surface area (TPSA) is 112 Å². The fourth-order valence-electron chi connectivity index (χ4n) is 3.40. The quantitative estimate of drug-likeness (QED) is 0.710. The van der Waals surface area contributed by atoms with E-state index < -0.39 is 5.91 Å². The maximum atomic E-state index is 12.9. The van der Waals surface area contributed by atoms with Gasteiger partial charge < -0.3 is 20.4 Å². The molecule has 0 saturated heterocycles. The average molecular weight is 377 g/mol. The van der Waals surface area contributed by atoms with Gasteiger partial charge in [-0.3, -0.25) is 9.59 Å². The molecule has 3 aromatic rings. The molecule has 0 aliphatic carbocycles. The van der Waals surface area contributed by atoms with Crippen LogP contribution in [0.3, 0.4) is 0 Å². The molecule has 0 fully saturated rings. The van der Waals surface area contributed by atoms with Crippen LogP contribution in [0.15, 0.2) is 55.0 Å². The fraction of sp³-hybridized carbons (Fsp3) is 0.200. The van der Waals surface area contributed by atoms with Crippen molar-refractivity contribution in [1.82, 2.24) is 19.9 Å². The number of aromatic nitrogens is 3. The molecule has 0 bridgehead atoms. The average Bonchev–Trinajstić information content (AvgIpc) is 3.27. The number of pyridine rings is 1. The number of nitrogens with two attached hydrogens (primary N) is 1. The van der Waals surface area contributed by atoms with Gasteiger partial charge in [-0.15, -0.1) is 0 Å². The maximum Gasteiger partial charge on any atom is 0.257 e. The first kappa shape index (κ1) is 17.7. The fourth-order valence-corrected chi connectivity index (χ4v) is 3.40. The minimum atomic E-state index is -0.621. The summed E-state index contributed by atoms with van der Waals surface area (Å²) in [6, 6.07) is 9.90. The number of primary amides is 1. The summed E-state index contributed by atoms with van der Waals surface area (Å²) in [5.41, 5.74) is 5.87. The molecule has 3 N–H and O–H groups in total. The lowest BCUT2D eigenvalue weighted by Crippen LogP contribution is -2.28. The van der Waals surface area contributed by atoms with E-state index in [-0.39, 0.29) is 40.7 Å². The molecule has 28 heavy (non-hydrogen) atoms. The van der Waals surface area contributed by atoms with Crippen LogP contribution in [0, 0.1) is 0 Å². The number of hydrogen-bond acceptors (Lipinski definition) is 5. The van der Waals surface area contributed by atoms with Gasteiger partial charge in [-0.1, -0.05) is 12.1 Å². The largest absolute Gasteiger partial charge is 0.437 e. The van der Waals surface area contributed by atoms with Crippen molar-refractivity contribution in [3.8, 4) is 11.6 Å². The molecule has 142 valence electrons. The molecule has 1 aromatic carbocycles. The Labute approximate surface area is 161 Å². The first-order valence-electron chi connectivity index (χ1n) is 8.90. The van der Waals surface area contributed by atoms with Crippen LogP contribution in [0.5, 0.6) is 11.6 Å². The van der Waals surface area contributed by atoms with Crippen LogP contribution in [-0.4, -0.2) is 26.3 Å². The standard InChI is InChI=1S/C20H19N5O3/c1-12-11-15(18-22-9-10-25(12)18)24-19(27)14-6-4-8-23-20(14)28-16-7-3-2-5-13(16)17(21)26/h2-10,12,15H,11H2,1H3,(H2,21,26)(H,24,27). The minimum Gasteiger partial charge on any atom is -0.437 e. The highest BCUT2D eigenvalue weighted by molar-refractivity contribution is 5.97. The van der Waals surface area contributed by atoms with Gasteiger partial charge in [-0.2, -0.15) is 0 Å². The Kier molecular flexibility index (Phi) is 4.52. The van der Waals surface area contributed by atoms with Crippen LogP contribution < -0.4 is 15.8 Å². The van der Waals surface area contributed by atoms with Crippen molar-refractivity contribution in [2.75, 3.05) is 0 Å². The number of carbonyl (C=O) groups is 2. The zero-order chi connectivity index (χ0) is 19.7. The van der Waals surface area contributed by atoms with Crippen molar-refractivity contribution in [2.24, 2.45) is 5.73 Å². The van der Waals surface area contributed by atoms with Gasteiger partial charge in [0.2, 0.25) is 5.88 Å². The second-order valence-electron chi connectivity index (χ2n) is 6.62. The van der Waals surface area contributed by atoms with E-state index in [1.54, 1.807) is 42.6 Å². The van der Waals surface area contributed by atoms with Crippen LogP contribution in [0.4, 0.5) is 0 Å². The predicted octanol–water partition coefficient (Wildman–Crippen LogP) is 2.61. The highest BCUT2D eigenvalue weighted by Crippen LogP contribution is 2.33. The Morgan fingerprint density at radius 3 is 2.75 bits per heavy atom. The van der Waals surface area contributed by atoms with Crippen LogP contribution >= 0.6 is 0 Å². The van der Waals surface area contributed by atoms with Gasteiger partial charge in [-0.05, 0) is 37.6 Å². The first-order chi connectivity index (χ1) is 13.5. The van der Waals surface area contributed by atoms with E-state index in [2.05, 4.69) is 26.8 Å². The van der Waals surface area contributed by atoms with Crippen molar-refractivity contribution in [3.63, 3.8) is 0 Å². The molecule has 8 heteroatoms. The number of amides is 2. The highest BCUT2D eigenvalue weighted by atomic mass is 16.5. The molecule has 0 radical (unpaired) electrons. The van der Waals surface area contributed by atoms with Gasteiger partial charge in [0.15, 0.2) is 0 Å². The van der Waals surface area contributed by atoms with Gasteiger partial charge in [0.25, 0.3) is 11.8 Å². The van der Waals surface area contributed by atoms with Crippen LogP contribution in [0.2, 0.25) is 0 Å². The SMILES string of the molecule is CC1CC(NC(=O)c2cccnc2Oc2ccccc2C(N)=O)c2nccn21. The summed E-state index contributed by atoms with van der Waals surface area (Å²) in [6.45, 7) is 2.08. The summed E-state index contributed by atoms with van der Waals surface area (Å²) in [7, 11) is 0. The van der Waals surface area contributed by atoms with Crippen LogP contribution in [-0.2, 0) is 0 Å². The molecule has 3 heterocycles. The number of hydrogen-bond donors (Lipinski definition) is 2. The zero-order valence-electron chi connectivity index (χ0n) is 15.2. The summed E-state index contributed by atoms with van der Waals surface area (Å²) in [5.74, 6) is 0.222. The normalized spacial score (nSPS) is 17.8. The lowest BCUT2D eigenvalue weighted by atomic mass is 10.1. The van der Waals surface area contributed by atoms with Crippen molar-refractivity contribution >= 4 is 11.8 Å². The highest BCUT2D eigenvalue weighted by Gasteiger charge is 2.31. The van der Waals surface area contributed by atoms with E-state index in [1.165, 1.54) is 6.20 Å². The molecule has 0 spiro atoms. The Bertz CT molecular complexity index is 1050. The maximum absolute atomic E-state index is 12.9. The molecule has 1 aliphatic rings. The van der Waals surface area contributed by atoms with Crippen LogP contribution in [0.25, 0.3) is 0 Å². The second kappa shape index (κ2) is 7.15. The number of fused-ring (bicyclic) bond motifs is 1. The van der Waals surface area contributed by atoms with E-state index in [4.69, 9.17) is 10.5 Å². The molecule has 2 aromatic heterocycles. The Morgan fingerprint density at radius 1 is 1.14 bits per heavy atom. The molecule has 2 unspecified atom stereocenters. The minimum absolute atomic E-state index is 0.100. The Morgan fingerprint density at radius 2 is 1.93 bits per heavy atom. The van der Waals surface area contributed by atoms with Gasteiger partial charge >= 0.3 is 0 Å². The number of nitrogens with one attached hydrogen (secondary N) is 1. The third-order valence-electron chi connectivity index (χ3n) is 4.74. The van der Waals surface area contributed by atoms with E-state index in [0.29, 0.717) is 0 Å². The number of ether oxygens (including phenoxy) is 1. The monoisotopic (exact) mass is 377 g/mol. The molecule has 2 amide bonds. The number of rotatable bonds is 5. The van der Waals surface area contributed by atoms with E-state index in [9.17, 15) is 9.59 Å². The molecule has 1 aliphatic heterocycles. The summed E-state index contributed by atoms with van der Waals surface area (Å²) in [5, 5.41) is 3.00. The van der Waals surface area contributed by atoms with Crippen molar-refractivity contribution in [1.29, 1.82) is 0 Å². The van der Waals surface area contributed by atoms with Gasteiger partial charge in [0, 0.05) is 24.6 Å². The van der Waals surface area contributed by atoms with E-state index in [0.717, 1.165) is 12.2 Å². The Hall–Kier alpha value is -3.68. The predicted molar refractivity (Wildman–Crippen MR) is 101 cm³/mol. The lowest BCUT2D eigenvalue weighted by Gasteiger charge is -2.14. The molecule has 4 rings (SSSR count). The number of nitrogens with zero attached hydrogens (tertiary/aromatic N) is 3. The van der Waals surface area contributed by atoms with Crippen molar-refractivity contribution in [2.45, 2.75) is 25.4 Å². The number of carbonyl (C=O) groups excluding carboxylic acids is 2. The summed E-state index contributed by atoms with van der Waals surface area (Å²) < 4.78 is 7.82. The summed E-state index contributed by atoms with van der Waals surface area (Å²) >= 11 is 0. The Balaban J connectivity index is 1.59. The van der Waals surface area contributed by atoms with E-state index in [1.807, 2.05) is 6.20 Å².